The van der Waals surface area contributed by atoms with Crippen molar-refractivity contribution < 1.29 is 0 Å². The van der Waals surface area contributed by atoms with Gasteiger partial charge >= 0.3 is 0 Å². The van der Waals surface area contributed by atoms with Gasteiger partial charge in [0.05, 0.1) is 17.4 Å². The lowest BCUT2D eigenvalue weighted by molar-refractivity contribution is 0.229. The van der Waals surface area contributed by atoms with Crippen LogP contribution in [0.2, 0.25) is 0 Å². The van der Waals surface area contributed by atoms with Gasteiger partial charge in [0.25, 0.3) is 0 Å². The summed E-state index contributed by atoms with van der Waals surface area (Å²) in [5, 5.41) is 0. The second-order valence-corrected chi connectivity index (χ2v) is 5.23. The average molecular weight is 229 g/mol. The Hall–Kier alpha value is -1.35. The SMILES string of the molecule is Cn1cnc2cc(C3(CCN)CCC3)ccc21. The molecule has 0 atom stereocenters. The topological polar surface area (TPSA) is 43.8 Å². The van der Waals surface area contributed by atoms with Crippen molar-refractivity contribution in [3.05, 3.63) is 30.1 Å². The molecule has 2 N–H and O–H groups in total. The predicted octanol–water partition coefficient (Wildman–Crippen LogP) is 2.34. The van der Waals surface area contributed by atoms with Crippen molar-refractivity contribution in [1.29, 1.82) is 0 Å². The Morgan fingerprint density at radius 3 is 2.88 bits per heavy atom. The van der Waals surface area contributed by atoms with Crippen molar-refractivity contribution >= 4 is 11.0 Å². The number of benzene rings is 1. The summed E-state index contributed by atoms with van der Waals surface area (Å²) in [6, 6.07) is 6.71. The monoisotopic (exact) mass is 229 g/mol. The van der Waals surface area contributed by atoms with E-state index in [4.69, 9.17) is 5.73 Å². The summed E-state index contributed by atoms with van der Waals surface area (Å²) in [6.45, 7) is 0.778. The molecule has 1 aliphatic rings. The van der Waals surface area contributed by atoms with E-state index < -0.39 is 0 Å². The Morgan fingerprint density at radius 2 is 2.24 bits per heavy atom. The minimum absolute atomic E-state index is 0.348. The van der Waals surface area contributed by atoms with Crippen molar-refractivity contribution in [2.24, 2.45) is 12.8 Å². The molecular formula is C14H19N3. The summed E-state index contributed by atoms with van der Waals surface area (Å²) in [4.78, 5) is 4.44. The van der Waals surface area contributed by atoms with Gasteiger partial charge in [-0.2, -0.15) is 0 Å². The van der Waals surface area contributed by atoms with E-state index in [0.29, 0.717) is 5.41 Å². The Bertz CT molecular complexity index is 537. The summed E-state index contributed by atoms with van der Waals surface area (Å²) in [6.07, 6.45) is 6.88. The average Bonchev–Trinajstić information content (AvgIpc) is 2.65. The number of fused-ring (bicyclic) bond motifs is 1. The fourth-order valence-corrected chi connectivity index (χ4v) is 3.03. The number of imidazole rings is 1. The molecule has 17 heavy (non-hydrogen) atoms. The molecule has 90 valence electrons. The molecule has 0 saturated heterocycles. The quantitative estimate of drug-likeness (QED) is 0.878. The van der Waals surface area contributed by atoms with E-state index in [-0.39, 0.29) is 0 Å². The first kappa shape index (κ1) is 10.8. The van der Waals surface area contributed by atoms with Crippen LogP contribution in [-0.2, 0) is 12.5 Å². The van der Waals surface area contributed by atoms with Gasteiger partial charge in [0.1, 0.15) is 0 Å². The summed E-state index contributed by atoms with van der Waals surface area (Å²) in [5.41, 5.74) is 9.85. The lowest BCUT2D eigenvalue weighted by Crippen LogP contribution is -2.36. The van der Waals surface area contributed by atoms with E-state index in [1.54, 1.807) is 0 Å². The van der Waals surface area contributed by atoms with E-state index in [0.717, 1.165) is 18.5 Å². The highest BCUT2D eigenvalue weighted by Crippen LogP contribution is 2.46. The first-order chi connectivity index (χ1) is 8.25. The molecule has 1 aromatic heterocycles. The van der Waals surface area contributed by atoms with Crippen LogP contribution >= 0.6 is 0 Å². The van der Waals surface area contributed by atoms with Gasteiger partial charge in [-0.25, -0.2) is 4.98 Å². The second-order valence-electron chi connectivity index (χ2n) is 5.23. The van der Waals surface area contributed by atoms with Gasteiger partial charge in [-0.15, -0.1) is 0 Å². The number of hydrogen-bond donors (Lipinski definition) is 1. The molecule has 3 nitrogen and oxygen atoms in total. The maximum Gasteiger partial charge on any atom is 0.0955 e. The third kappa shape index (κ3) is 1.57. The van der Waals surface area contributed by atoms with Crippen LogP contribution in [0.1, 0.15) is 31.2 Å². The molecule has 0 amide bonds. The van der Waals surface area contributed by atoms with E-state index in [9.17, 15) is 0 Å². The number of nitrogens with zero attached hydrogens (tertiary/aromatic N) is 2. The van der Waals surface area contributed by atoms with E-state index in [2.05, 4.69) is 27.8 Å². The molecule has 0 radical (unpaired) electrons. The number of nitrogens with two attached hydrogens (primary N) is 1. The van der Waals surface area contributed by atoms with Gasteiger partial charge in [0, 0.05) is 7.05 Å². The van der Waals surface area contributed by atoms with Crippen LogP contribution in [-0.4, -0.2) is 16.1 Å². The fourth-order valence-electron chi connectivity index (χ4n) is 3.03. The van der Waals surface area contributed by atoms with Gasteiger partial charge in [-0.3, -0.25) is 0 Å². The first-order valence-electron chi connectivity index (χ1n) is 6.37. The van der Waals surface area contributed by atoms with Crippen molar-refractivity contribution in [3.63, 3.8) is 0 Å². The van der Waals surface area contributed by atoms with Crippen molar-refractivity contribution in [1.82, 2.24) is 9.55 Å². The molecule has 3 heteroatoms. The summed E-state index contributed by atoms with van der Waals surface area (Å²) in [7, 11) is 2.04. The number of hydrogen-bond acceptors (Lipinski definition) is 2. The third-order valence-corrected chi connectivity index (χ3v) is 4.27. The highest BCUT2D eigenvalue weighted by molar-refractivity contribution is 5.76. The maximum absolute atomic E-state index is 5.76. The Morgan fingerprint density at radius 1 is 1.41 bits per heavy atom. The standard InChI is InChI=1S/C14H19N3/c1-17-10-16-12-9-11(3-4-13(12)17)14(7-8-15)5-2-6-14/h3-4,9-10H,2,5-8,15H2,1H3. The van der Waals surface area contributed by atoms with Gasteiger partial charge in [-0.1, -0.05) is 12.5 Å². The highest BCUT2D eigenvalue weighted by Gasteiger charge is 2.37. The van der Waals surface area contributed by atoms with Gasteiger partial charge in [0.2, 0.25) is 0 Å². The largest absolute Gasteiger partial charge is 0.334 e. The molecule has 0 unspecified atom stereocenters. The number of aryl methyl sites for hydroxylation is 1. The Labute approximate surface area is 102 Å². The Balaban J connectivity index is 2.05. The van der Waals surface area contributed by atoms with Crippen LogP contribution in [0.5, 0.6) is 0 Å². The van der Waals surface area contributed by atoms with Crippen LogP contribution in [0.4, 0.5) is 0 Å². The lowest BCUT2D eigenvalue weighted by atomic mass is 9.62. The minimum atomic E-state index is 0.348. The van der Waals surface area contributed by atoms with Crippen LogP contribution in [0.3, 0.4) is 0 Å². The molecule has 1 saturated carbocycles. The second kappa shape index (κ2) is 3.84. The molecule has 0 bridgehead atoms. The predicted molar refractivity (Wildman–Crippen MR) is 69.9 cm³/mol. The molecule has 2 aromatic rings. The molecule has 1 aromatic carbocycles. The molecule has 1 aliphatic carbocycles. The Kier molecular flexibility index (Phi) is 2.44. The van der Waals surface area contributed by atoms with Crippen molar-refractivity contribution in [2.75, 3.05) is 6.54 Å². The van der Waals surface area contributed by atoms with E-state index >= 15 is 0 Å². The smallest absolute Gasteiger partial charge is 0.0955 e. The number of aromatic nitrogens is 2. The molecule has 0 aliphatic heterocycles. The van der Waals surface area contributed by atoms with E-state index in [1.165, 1.54) is 30.3 Å². The van der Waals surface area contributed by atoms with Gasteiger partial charge in [0.15, 0.2) is 0 Å². The zero-order valence-corrected chi connectivity index (χ0v) is 10.3. The van der Waals surface area contributed by atoms with Gasteiger partial charge < -0.3 is 10.3 Å². The molecular weight excluding hydrogens is 210 g/mol. The summed E-state index contributed by atoms with van der Waals surface area (Å²) in [5.74, 6) is 0. The molecule has 1 heterocycles. The molecule has 0 spiro atoms. The summed E-state index contributed by atoms with van der Waals surface area (Å²) < 4.78 is 2.06. The highest BCUT2D eigenvalue weighted by atomic mass is 15.0. The minimum Gasteiger partial charge on any atom is -0.334 e. The van der Waals surface area contributed by atoms with Gasteiger partial charge in [-0.05, 0) is 48.9 Å². The number of rotatable bonds is 3. The molecule has 3 rings (SSSR count). The van der Waals surface area contributed by atoms with Crippen molar-refractivity contribution in [2.45, 2.75) is 31.1 Å². The zero-order chi connectivity index (χ0) is 11.9. The van der Waals surface area contributed by atoms with Crippen LogP contribution in [0.15, 0.2) is 24.5 Å². The van der Waals surface area contributed by atoms with Crippen LogP contribution < -0.4 is 5.73 Å². The lowest BCUT2D eigenvalue weighted by Gasteiger charge is -2.42. The van der Waals surface area contributed by atoms with Crippen LogP contribution in [0, 0.1) is 0 Å². The fraction of sp³-hybridized carbons (Fsp3) is 0.500. The van der Waals surface area contributed by atoms with E-state index in [1.807, 2.05) is 13.4 Å². The normalized spacial score (nSPS) is 18.2. The molecule has 1 fully saturated rings. The summed E-state index contributed by atoms with van der Waals surface area (Å²) >= 11 is 0. The zero-order valence-electron chi connectivity index (χ0n) is 10.3. The van der Waals surface area contributed by atoms with Crippen molar-refractivity contribution in [3.8, 4) is 0 Å². The first-order valence-corrected chi connectivity index (χ1v) is 6.37. The van der Waals surface area contributed by atoms with Crippen LogP contribution in [0.25, 0.3) is 11.0 Å². The third-order valence-electron chi connectivity index (χ3n) is 4.27. The maximum atomic E-state index is 5.76.